The number of piperazine rings is 1. The Hall–Kier alpha value is -0.590. The third-order valence-corrected chi connectivity index (χ3v) is 6.65. The predicted octanol–water partition coefficient (Wildman–Crippen LogP) is 2.02. The fourth-order valence-corrected chi connectivity index (χ4v) is 5.15. The Morgan fingerprint density at radius 3 is 2.62 bits per heavy atom. The summed E-state index contributed by atoms with van der Waals surface area (Å²) in [7, 11) is -0.825. The van der Waals surface area contributed by atoms with Crippen molar-refractivity contribution in [1.29, 1.82) is 0 Å². The maximum atomic E-state index is 5.62. The van der Waals surface area contributed by atoms with Crippen molar-refractivity contribution in [2.24, 2.45) is 0 Å². The lowest BCUT2D eigenvalue weighted by atomic mass is 10.2. The molecular weight excluding hydrogens is 284 g/mol. The van der Waals surface area contributed by atoms with Gasteiger partial charge in [0, 0.05) is 37.6 Å². The number of rotatable bonds is 4. The summed E-state index contributed by atoms with van der Waals surface area (Å²) in [5.41, 5.74) is 1.16. The van der Waals surface area contributed by atoms with E-state index in [1.54, 1.807) is 0 Å². The molecule has 0 spiro atoms. The zero-order chi connectivity index (χ0) is 14.7. The zero-order valence-corrected chi connectivity index (χ0v) is 13.8. The molecule has 2 saturated heterocycles. The van der Waals surface area contributed by atoms with Crippen LogP contribution in [0, 0.1) is 0 Å². The Morgan fingerprint density at radius 2 is 1.90 bits per heavy atom. The molecule has 0 bridgehead atoms. The molecule has 5 heteroatoms. The average molecular weight is 310 g/mol. The van der Waals surface area contributed by atoms with Crippen molar-refractivity contribution in [1.82, 2.24) is 10.2 Å². The van der Waals surface area contributed by atoms with Crippen LogP contribution in [0.15, 0.2) is 29.2 Å². The molecule has 2 fully saturated rings. The van der Waals surface area contributed by atoms with Crippen LogP contribution in [0.1, 0.15) is 11.9 Å². The van der Waals surface area contributed by atoms with Gasteiger partial charge in [-0.2, -0.15) is 0 Å². The van der Waals surface area contributed by atoms with Gasteiger partial charge in [0.2, 0.25) is 0 Å². The van der Waals surface area contributed by atoms with Crippen molar-refractivity contribution >= 4 is 10.0 Å². The van der Waals surface area contributed by atoms with E-state index in [0.717, 1.165) is 31.7 Å². The minimum Gasteiger partial charge on any atom is -0.346 e. The normalized spacial score (nSPS) is 22.6. The summed E-state index contributed by atoms with van der Waals surface area (Å²) in [6.07, 6.45) is 4.65. The van der Waals surface area contributed by atoms with E-state index in [9.17, 15) is 0 Å². The molecule has 0 amide bonds. The number of nitrogens with zero attached hydrogens (tertiary/aromatic N) is 1. The molecule has 0 aliphatic carbocycles. The van der Waals surface area contributed by atoms with E-state index in [-0.39, 0.29) is 6.29 Å². The van der Waals surface area contributed by atoms with Crippen LogP contribution in [-0.4, -0.2) is 62.7 Å². The van der Waals surface area contributed by atoms with Gasteiger partial charge in [-0.3, -0.25) is 4.90 Å². The molecule has 1 aromatic carbocycles. The van der Waals surface area contributed by atoms with Crippen LogP contribution in [-0.2, 0) is 9.47 Å². The molecule has 3 rings (SSSR count). The summed E-state index contributed by atoms with van der Waals surface area (Å²) >= 11 is 0. The van der Waals surface area contributed by atoms with Gasteiger partial charge in [-0.15, -0.1) is 0 Å². The Kier molecular flexibility index (Phi) is 4.86. The number of hydrogen-bond donors (Lipinski definition) is 1. The van der Waals surface area contributed by atoms with Gasteiger partial charge < -0.3 is 14.8 Å². The van der Waals surface area contributed by atoms with Crippen molar-refractivity contribution in [2.45, 2.75) is 11.2 Å². The summed E-state index contributed by atoms with van der Waals surface area (Å²) in [5.74, 6) is 1.17. The van der Waals surface area contributed by atoms with Crippen molar-refractivity contribution in [3.8, 4) is 0 Å². The van der Waals surface area contributed by atoms with Gasteiger partial charge in [-0.1, -0.05) is 18.2 Å². The van der Waals surface area contributed by atoms with E-state index in [2.05, 4.69) is 47.0 Å². The molecule has 1 N–H and O–H groups in total. The Balaban J connectivity index is 1.72. The fourth-order valence-electron chi connectivity index (χ4n) is 2.93. The Morgan fingerprint density at radius 1 is 1.19 bits per heavy atom. The molecular formula is C16H26N2O2S. The highest BCUT2D eigenvalue weighted by molar-refractivity contribution is 8.32. The van der Waals surface area contributed by atoms with Gasteiger partial charge in [0.1, 0.15) is 0 Å². The standard InChI is InChI=1S/C16H26N2O2S/c1-21(2,13-18-8-6-17-7-9-18)15-5-3-4-14(12-15)16-19-10-11-20-16/h3-5,12,16-17H,6-11,13H2,1-2H3. The molecule has 4 nitrogen and oxygen atoms in total. The van der Waals surface area contributed by atoms with Crippen molar-refractivity contribution in [3.63, 3.8) is 0 Å². The molecule has 0 radical (unpaired) electrons. The molecule has 118 valence electrons. The van der Waals surface area contributed by atoms with Gasteiger partial charge in [-0.05, 0) is 23.5 Å². The lowest BCUT2D eigenvalue weighted by Gasteiger charge is -2.39. The maximum Gasteiger partial charge on any atom is 0.184 e. The minimum atomic E-state index is -0.825. The molecule has 21 heavy (non-hydrogen) atoms. The molecule has 0 aromatic heterocycles. The molecule has 1 aromatic rings. The number of hydrogen-bond acceptors (Lipinski definition) is 4. The maximum absolute atomic E-state index is 5.62. The highest BCUT2D eigenvalue weighted by atomic mass is 32.3. The van der Waals surface area contributed by atoms with Crippen LogP contribution in [0.4, 0.5) is 0 Å². The van der Waals surface area contributed by atoms with Crippen molar-refractivity contribution < 1.29 is 9.47 Å². The van der Waals surface area contributed by atoms with Gasteiger partial charge in [0.25, 0.3) is 0 Å². The third kappa shape index (κ3) is 3.79. The molecule has 2 heterocycles. The first kappa shape index (κ1) is 15.3. The van der Waals surface area contributed by atoms with Gasteiger partial charge in [0.05, 0.1) is 13.2 Å². The Labute approximate surface area is 129 Å². The van der Waals surface area contributed by atoms with Crippen molar-refractivity contribution in [3.05, 3.63) is 29.8 Å². The van der Waals surface area contributed by atoms with Crippen LogP contribution in [0.5, 0.6) is 0 Å². The van der Waals surface area contributed by atoms with E-state index in [1.807, 2.05) is 0 Å². The molecule has 2 aliphatic rings. The molecule has 2 aliphatic heterocycles. The topological polar surface area (TPSA) is 33.7 Å². The SMILES string of the molecule is CS(C)(CN1CCNCC1)c1cccc(C2OCCO2)c1. The zero-order valence-electron chi connectivity index (χ0n) is 13.0. The van der Waals surface area contributed by atoms with Gasteiger partial charge >= 0.3 is 0 Å². The highest BCUT2D eigenvalue weighted by Crippen LogP contribution is 2.50. The Bertz CT molecular complexity index is 469. The van der Waals surface area contributed by atoms with E-state index in [1.165, 1.54) is 10.8 Å². The second-order valence-corrected chi connectivity index (χ2v) is 9.99. The largest absolute Gasteiger partial charge is 0.346 e. The summed E-state index contributed by atoms with van der Waals surface area (Å²) in [6.45, 7) is 5.94. The van der Waals surface area contributed by atoms with Crippen molar-refractivity contribution in [2.75, 3.05) is 57.8 Å². The van der Waals surface area contributed by atoms with Crippen LogP contribution in [0.2, 0.25) is 0 Å². The average Bonchev–Trinajstić information content (AvgIpc) is 3.02. The van der Waals surface area contributed by atoms with Crippen LogP contribution in [0.25, 0.3) is 0 Å². The predicted molar refractivity (Wildman–Crippen MR) is 88.1 cm³/mol. The first-order chi connectivity index (χ1) is 10.1. The second kappa shape index (κ2) is 6.67. The first-order valence-corrected chi connectivity index (χ1v) is 10.2. The highest BCUT2D eigenvalue weighted by Gasteiger charge is 2.23. The number of benzene rings is 1. The second-order valence-electron chi connectivity index (χ2n) is 6.18. The summed E-state index contributed by atoms with van der Waals surface area (Å²) < 4.78 is 11.2. The van der Waals surface area contributed by atoms with Gasteiger partial charge in [-0.25, -0.2) is 10.0 Å². The van der Waals surface area contributed by atoms with E-state index >= 15 is 0 Å². The van der Waals surface area contributed by atoms with Crippen LogP contribution >= 0.6 is 10.0 Å². The third-order valence-electron chi connectivity index (χ3n) is 4.11. The molecule has 0 saturated carbocycles. The monoisotopic (exact) mass is 310 g/mol. The van der Waals surface area contributed by atoms with E-state index in [4.69, 9.17) is 9.47 Å². The van der Waals surface area contributed by atoms with E-state index < -0.39 is 10.0 Å². The molecule has 0 atom stereocenters. The van der Waals surface area contributed by atoms with Crippen LogP contribution in [0.3, 0.4) is 0 Å². The number of nitrogens with one attached hydrogen (secondary N) is 1. The lowest BCUT2D eigenvalue weighted by Crippen LogP contribution is -2.44. The number of ether oxygens (including phenoxy) is 2. The first-order valence-electron chi connectivity index (χ1n) is 7.62. The smallest absolute Gasteiger partial charge is 0.184 e. The molecule has 0 unspecified atom stereocenters. The summed E-state index contributed by atoms with van der Waals surface area (Å²) in [6, 6.07) is 8.80. The van der Waals surface area contributed by atoms with Gasteiger partial charge in [0.15, 0.2) is 6.29 Å². The summed E-state index contributed by atoms with van der Waals surface area (Å²) in [5, 5.41) is 3.42. The quantitative estimate of drug-likeness (QED) is 0.922. The minimum absolute atomic E-state index is 0.167. The van der Waals surface area contributed by atoms with E-state index in [0.29, 0.717) is 13.2 Å². The lowest BCUT2D eigenvalue weighted by molar-refractivity contribution is -0.0442. The van der Waals surface area contributed by atoms with Crippen LogP contribution < -0.4 is 5.32 Å². The fraction of sp³-hybridized carbons (Fsp3) is 0.625. The summed E-state index contributed by atoms with van der Waals surface area (Å²) in [4.78, 5) is 4.03.